The highest BCUT2D eigenvalue weighted by Crippen LogP contribution is 2.36. The van der Waals surface area contributed by atoms with Gasteiger partial charge >= 0.3 is 5.97 Å². The summed E-state index contributed by atoms with van der Waals surface area (Å²) in [4.78, 5) is 33.2. The molecule has 0 bridgehead atoms. The summed E-state index contributed by atoms with van der Waals surface area (Å²) in [5.41, 5.74) is 4.09. The lowest BCUT2D eigenvalue weighted by molar-refractivity contribution is -0.138. The number of thiazole rings is 1. The fourth-order valence-electron chi connectivity index (χ4n) is 5.20. The first kappa shape index (κ1) is 25.6. The van der Waals surface area contributed by atoms with Crippen LogP contribution in [0.1, 0.15) is 29.7 Å². The second kappa shape index (κ2) is 10.5. The zero-order valence-corrected chi connectivity index (χ0v) is 23.1. The summed E-state index contributed by atoms with van der Waals surface area (Å²) < 4.78 is 15.2. The number of esters is 1. The van der Waals surface area contributed by atoms with Gasteiger partial charge in [-0.25, -0.2) is 9.79 Å². The van der Waals surface area contributed by atoms with Crippen LogP contribution in [0.15, 0.2) is 100 Å². The zero-order chi connectivity index (χ0) is 27.8. The number of fused-ring (bicyclic) bond motifs is 2. The number of hydrogen-bond acceptors (Lipinski definition) is 6. The predicted octanol–water partition coefficient (Wildman–Crippen LogP) is 4.44. The van der Waals surface area contributed by atoms with Crippen LogP contribution in [0.3, 0.4) is 0 Å². The van der Waals surface area contributed by atoms with Crippen LogP contribution in [0, 0.1) is 0 Å². The monoisotopic (exact) mass is 549 g/mol. The number of rotatable bonds is 6. The van der Waals surface area contributed by atoms with Crippen LogP contribution in [0.4, 0.5) is 0 Å². The molecule has 0 fully saturated rings. The highest BCUT2D eigenvalue weighted by atomic mass is 32.1. The molecule has 7 nitrogen and oxygen atoms in total. The molecule has 1 aliphatic heterocycles. The number of benzene rings is 3. The van der Waals surface area contributed by atoms with Crippen molar-refractivity contribution in [1.82, 2.24) is 9.13 Å². The van der Waals surface area contributed by atoms with E-state index in [2.05, 4.69) is 6.07 Å². The molecule has 0 spiro atoms. The number of hydrogen-bond donors (Lipinski definition) is 0. The average molecular weight is 550 g/mol. The minimum Gasteiger partial charge on any atom is -0.497 e. The minimum absolute atomic E-state index is 0.195. The lowest BCUT2D eigenvalue weighted by Gasteiger charge is -2.26. The van der Waals surface area contributed by atoms with E-state index in [9.17, 15) is 9.59 Å². The third-order valence-electron chi connectivity index (χ3n) is 7.00. The number of ether oxygens (including phenoxy) is 2. The molecular weight excluding hydrogens is 522 g/mol. The molecule has 2 aromatic heterocycles. The Bertz CT molecular complexity index is 1960. The molecule has 8 heteroatoms. The molecule has 1 atom stereocenters. The summed E-state index contributed by atoms with van der Waals surface area (Å²) in [5, 5.41) is 1.05. The van der Waals surface area contributed by atoms with Crippen LogP contribution in [0.2, 0.25) is 0 Å². The second-order valence-electron chi connectivity index (χ2n) is 9.42. The third-order valence-corrected chi connectivity index (χ3v) is 7.98. The maximum Gasteiger partial charge on any atom is 0.338 e. The topological polar surface area (TPSA) is 74.8 Å². The highest BCUT2D eigenvalue weighted by molar-refractivity contribution is 7.07. The van der Waals surface area contributed by atoms with E-state index in [1.807, 2.05) is 96.7 Å². The number of aromatic nitrogens is 2. The Labute approximate surface area is 234 Å². The van der Waals surface area contributed by atoms with Crippen molar-refractivity contribution in [2.75, 3.05) is 13.7 Å². The van der Waals surface area contributed by atoms with Crippen molar-refractivity contribution < 1.29 is 14.3 Å². The van der Waals surface area contributed by atoms with Crippen molar-refractivity contribution in [2.24, 2.45) is 12.0 Å². The fraction of sp³-hybridized carbons (Fsp3) is 0.156. The zero-order valence-electron chi connectivity index (χ0n) is 22.3. The molecule has 0 amide bonds. The van der Waals surface area contributed by atoms with Gasteiger partial charge in [-0.05, 0) is 36.8 Å². The maximum absolute atomic E-state index is 14.1. The van der Waals surface area contributed by atoms with Crippen molar-refractivity contribution >= 4 is 40.0 Å². The number of aryl methyl sites for hydroxylation is 1. The van der Waals surface area contributed by atoms with E-state index in [-0.39, 0.29) is 12.2 Å². The normalized spacial score (nSPS) is 15.2. The summed E-state index contributed by atoms with van der Waals surface area (Å²) in [5.74, 6) is 0.109. The Balaban J connectivity index is 1.66. The quantitative estimate of drug-likeness (QED) is 0.294. The van der Waals surface area contributed by atoms with Crippen LogP contribution in [0.25, 0.3) is 22.7 Å². The first-order valence-corrected chi connectivity index (χ1v) is 13.8. The van der Waals surface area contributed by atoms with Crippen LogP contribution < -0.4 is 19.6 Å². The molecule has 1 aliphatic rings. The standard InChI is InChI=1S/C32H27N3O4S/c1-4-39-31(37)27-28(20-11-6-5-7-12-20)33-32-35(29(27)21-13-10-14-23(17-21)38-3)30(36)26(40-32)18-22-19-34(2)25-16-9-8-15-24(22)25/h5-19,29H,4H2,1-3H3/b26-18-. The molecule has 0 N–H and O–H groups in total. The Hall–Kier alpha value is -4.69. The maximum atomic E-state index is 14.1. The van der Waals surface area contributed by atoms with Crippen molar-refractivity contribution in [3.05, 3.63) is 127 Å². The highest BCUT2D eigenvalue weighted by Gasteiger charge is 2.35. The lowest BCUT2D eigenvalue weighted by atomic mass is 9.93. The summed E-state index contributed by atoms with van der Waals surface area (Å²) in [6.07, 6.45) is 3.92. The Kier molecular flexibility index (Phi) is 6.69. The van der Waals surface area contributed by atoms with Gasteiger partial charge in [0.2, 0.25) is 0 Å². The number of carbonyl (C=O) groups is 1. The molecule has 6 rings (SSSR count). The van der Waals surface area contributed by atoms with Gasteiger partial charge in [0.1, 0.15) is 5.75 Å². The van der Waals surface area contributed by atoms with Crippen molar-refractivity contribution in [3.63, 3.8) is 0 Å². The van der Waals surface area contributed by atoms with Crippen molar-refractivity contribution in [3.8, 4) is 5.75 Å². The summed E-state index contributed by atoms with van der Waals surface area (Å²) in [6.45, 7) is 1.96. The van der Waals surface area contributed by atoms with Crippen LogP contribution in [-0.2, 0) is 16.6 Å². The predicted molar refractivity (Wildman–Crippen MR) is 157 cm³/mol. The number of methoxy groups -OCH3 is 1. The van der Waals surface area contributed by atoms with E-state index in [0.717, 1.165) is 27.6 Å². The van der Waals surface area contributed by atoms with Gasteiger partial charge < -0.3 is 14.0 Å². The van der Waals surface area contributed by atoms with Crippen molar-refractivity contribution in [2.45, 2.75) is 13.0 Å². The molecule has 3 aromatic carbocycles. The molecule has 200 valence electrons. The van der Waals surface area contributed by atoms with Gasteiger partial charge in [0.25, 0.3) is 5.56 Å². The molecule has 0 saturated heterocycles. The van der Waals surface area contributed by atoms with Gasteiger partial charge in [0.15, 0.2) is 4.80 Å². The molecule has 0 aliphatic carbocycles. The smallest absolute Gasteiger partial charge is 0.338 e. The van der Waals surface area contributed by atoms with Gasteiger partial charge in [0, 0.05) is 35.3 Å². The lowest BCUT2D eigenvalue weighted by Crippen LogP contribution is -2.40. The van der Waals surface area contributed by atoms with E-state index in [1.54, 1.807) is 18.6 Å². The molecule has 3 heterocycles. The van der Waals surface area contributed by atoms with Gasteiger partial charge in [-0.3, -0.25) is 9.36 Å². The van der Waals surface area contributed by atoms with Gasteiger partial charge in [0.05, 0.1) is 35.6 Å². The first-order chi connectivity index (χ1) is 19.5. The molecule has 0 radical (unpaired) electrons. The fourth-order valence-corrected chi connectivity index (χ4v) is 6.19. The molecule has 1 unspecified atom stereocenters. The van der Waals surface area contributed by atoms with Gasteiger partial charge in [-0.2, -0.15) is 0 Å². The number of para-hydroxylation sites is 1. The molecule has 0 saturated carbocycles. The minimum atomic E-state index is -0.754. The molecule has 40 heavy (non-hydrogen) atoms. The Morgan fingerprint density at radius 2 is 1.82 bits per heavy atom. The van der Waals surface area contributed by atoms with E-state index in [0.29, 0.717) is 26.4 Å². The second-order valence-corrected chi connectivity index (χ2v) is 10.4. The van der Waals surface area contributed by atoms with Crippen LogP contribution in [0.5, 0.6) is 5.75 Å². The van der Waals surface area contributed by atoms with Gasteiger partial charge in [-0.1, -0.05) is 72.0 Å². The molecular formula is C32H27N3O4S. The Morgan fingerprint density at radius 3 is 2.60 bits per heavy atom. The number of nitrogens with zero attached hydrogens (tertiary/aromatic N) is 3. The van der Waals surface area contributed by atoms with E-state index < -0.39 is 12.0 Å². The van der Waals surface area contributed by atoms with E-state index in [1.165, 1.54) is 11.3 Å². The van der Waals surface area contributed by atoms with E-state index >= 15 is 0 Å². The van der Waals surface area contributed by atoms with Gasteiger partial charge in [-0.15, -0.1) is 0 Å². The average Bonchev–Trinajstić information content (AvgIpc) is 3.48. The van der Waals surface area contributed by atoms with E-state index in [4.69, 9.17) is 14.5 Å². The van der Waals surface area contributed by atoms with Crippen molar-refractivity contribution in [1.29, 1.82) is 0 Å². The summed E-state index contributed by atoms with van der Waals surface area (Å²) >= 11 is 1.31. The Morgan fingerprint density at radius 1 is 1.05 bits per heavy atom. The summed E-state index contributed by atoms with van der Waals surface area (Å²) in [6, 6.07) is 24.3. The first-order valence-electron chi connectivity index (χ1n) is 13.0. The van der Waals surface area contributed by atoms with Crippen LogP contribution >= 0.6 is 11.3 Å². The SMILES string of the molecule is CCOC(=O)C1=C(c2ccccc2)N=c2s/c(=C\c3cn(C)c4ccccc34)c(=O)n2C1c1cccc(OC)c1. The summed E-state index contributed by atoms with van der Waals surface area (Å²) in [7, 11) is 3.58. The van der Waals surface area contributed by atoms with Crippen LogP contribution in [-0.4, -0.2) is 28.8 Å². The largest absolute Gasteiger partial charge is 0.497 e. The molecule has 5 aromatic rings. The third kappa shape index (κ3) is 4.36. The number of carbonyl (C=O) groups excluding carboxylic acids is 1.